The lowest BCUT2D eigenvalue weighted by Crippen LogP contribution is -2.19. The molecular weight excluding hydrogens is 678 g/mol. The molecule has 4 rings (SSSR count). The van der Waals surface area contributed by atoms with Crippen LogP contribution in [0.15, 0.2) is 42.5 Å². The predicted octanol–water partition coefficient (Wildman–Crippen LogP) is 8.07. The molecule has 5 nitrogen and oxygen atoms in total. The summed E-state index contributed by atoms with van der Waals surface area (Å²) in [6.07, 6.45) is -9.88. The van der Waals surface area contributed by atoms with Gasteiger partial charge in [0.1, 0.15) is 10.2 Å². The Morgan fingerprint density at radius 2 is 1.55 bits per heavy atom. The highest BCUT2D eigenvalue weighted by Crippen LogP contribution is 2.65. The smallest absolute Gasteiger partial charge is 0.326 e. The minimum Gasteiger partial charge on any atom is -0.326 e. The number of amides is 2. The number of hydrogen-bond donors (Lipinski definition) is 2. The molecule has 0 spiro atoms. The minimum atomic E-state index is -5.04. The van der Waals surface area contributed by atoms with E-state index in [9.17, 15) is 53.9 Å². The number of rotatable bonds is 8. The summed E-state index contributed by atoms with van der Waals surface area (Å²) in [4.78, 5) is 37.1. The first-order chi connectivity index (χ1) is 20.3. The van der Waals surface area contributed by atoms with E-state index in [1.165, 1.54) is 6.07 Å². The third-order valence-electron chi connectivity index (χ3n) is 6.55. The topological polar surface area (TPSA) is 75.3 Å². The predicted molar refractivity (Wildman–Crippen MR) is 141 cm³/mol. The SMILES string of the molecule is O=C(Nc1cc(CC(=O)C(F)F)c(F)c(F)c1F)c1cc(NC(=O)[C@H]2[C@H](c3ccc(F)c(C(F)(F)F)c3)C2(Cl)Cl)ccc1Cl. The van der Waals surface area contributed by atoms with Gasteiger partial charge < -0.3 is 10.6 Å². The number of benzene rings is 3. The number of hydrogen-bond acceptors (Lipinski definition) is 3. The zero-order valence-electron chi connectivity index (χ0n) is 21.2. The van der Waals surface area contributed by atoms with Crippen LogP contribution in [0.5, 0.6) is 0 Å². The fraction of sp³-hybridized carbons (Fsp3) is 0.222. The molecule has 1 aliphatic rings. The maximum atomic E-state index is 14.4. The van der Waals surface area contributed by atoms with Gasteiger partial charge in [-0.05, 0) is 42.0 Å². The maximum Gasteiger partial charge on any atom is 0.419 e. The number of carbonyl (C=O) groups is 3. The molecule has 0 saturated heterocycles. The Labute approximate surface area is 256 Å². The van der Waals surface area contributed by atoms with Crippen LogP contribution in [-0.4, -0.2) is 28.4 Å². The number of carbonyl (C=O) groups excluding carboxylic acids is 3. The second kappa shape index (κ2) is 12.1. The molecule has 2 atom stereocenters. The van der Waals surface area contributed by atoms with Gasteiger partial charge in [0.2, 0.25) is 11.7 Å². The summed E-state index contributed by atoms with van der Waals surface area (Å²) in [5.74, 6) is -14.0. The maximum absolute atomic E-state index is 14.4. The van der Waals surface area contributed by atoms with Crippen molar-refractivity contribution in [3.05, 3.63) is 93.0 Å². The molecule has 0 aromatic heterocycles. The summed E-state index contributed by atoms with van der Waals surface area (Å²) in [5, 5.41) is 3.92. The molecule has 2 amide bonds. The summed E-state index contributed by atoms with van der Waals surface area (Å²) in [6.45, 7) is 0. The quantitative estimate of drug-likeness (QED) is 0.143. The third kappa shape index (κ3) is 6.61. The first-order valence-corrected chi connectivity index (χ1v) is 13.1. The first kappa shape index (κ1) is 33.4. The molecule has 234 valence electrons. The Bertz CT molecular complexity index is 1680. The number of nitrogens with one attached hydrogen (secondary N) is 2. The second-order valence-electron chi connectivity index (χ2n) is 9.47. The molecule has 1 fully saturated rings. The van der Waals surface area contributed by atoms with Gasteiger partial charge in [-0.1, -0.05) is 17.7 Å². The molecule has 0 heterocycles. The van der Waals surface area contributed by atoms with Crippen molar-refractivity contribution in [1.29, 1.82) is 0 Å². The van der Waals surface area contributed by atoms with Crippen LogP contribution in [0.3, 0.4) is 0 Å². The molecule has 44 heavy (non-hydrogen) atoms. The normalized spacial score (nSPS) is 17.4. The summed E-state index contributed by atoms with van der Waals surface area (Å²) >= 11 is 18.3. The van der Waals surface area contributed by atoms with Crippen molar-refractivity contribution in [3.8, 4) is 0 Å². The van der Waals surface area contributed by atoms with E-state index >= 15 is 0 Å². The Morgan fingerprint density at radius 3 is 2.16 bits per heavy atom. The number of Topliss-reactive ketones (excluding diaryl/α,β-unsaturated/α-hetero) is 1. The van der Waals surface area contributed by atoms with Gasteiger partial charge in [0, 0.05) is 23.6 Å². The summed E-state index contributed by atoms with van der Waals surface area (Å²) in [6, 6.07) is 5.69. The van der Waals surface area contributed by atoms with E-state index in [1.807, 2.05) is 5.32 Å². The zero-order valence-corrected chi connectivity index (χ0v) is 23.5. The van der Waals surface area contributed by atoms with Crippen molar-refractivity contribution in [1.82, 2.24) is 0 Å². The van der Waals surface area contributed by atoms with Crippen molar-refractivity contribution < 1.29 is 53.9 Å². The minimum absolute atomic E-state index is 0.150. The molecule has 17 heteroatoms. The molecular formula is C27H14Cl3F9N2O3. The van der Waals surface area contributed by atoms with Crippen molar-refractivity contribution in [2.45, 2.75) is 29.3 Å². The van der Waals surface area contributed by atoms with E-state index in [2.05, 4.69) is 5.32 Å². The summed E-state index contributed by atoms with van der Waals surface area (Å²) < 4.78 is 119. The van der Waals surface area contributed by atoms with Gasteiger partial charge in [-0.15, -0.1) is 23.2 Å². The second-order valence-corrected chi connectivity index (χ2v) is 11.3. The molecule has 0 bridgehead atoms. The van der Waals surface area contributed by atoms with E-state index in [4.69, 9.17) is 34.8 Å². The molecule has 1 aliphatic carbocycles. The highest BCUT2D eigenvalue weighted by Gasteiger charge is 2.67. The molecule has 3 aromatic carbocycles. The van der Waals surface area contributed by atoms with E-state index in [0.29, 0.717) is 18.2 Å². The lowest BCUT2D eigenvalue weighted by atomic mass is 10.0. The van der Waals surface area contributed by atoms with Gasteiger partial charge in [-0.25, -0.2) is 26.3 Å². The fourth-order valence-electron chi connectivity index (χ4n) is 4.35. The molecule has 3 aromatic rings. The Hall–Kier alpha value is -3.49. The average Bonchev–Trinajstić information content (AvgIpc) is 3.52. The molecule has 0 radical (unpaired) electrons. The third-order valence-corrected chi connectivity index (χ3v) is 7.82. The van der Waals surface area contributed by atoms with Gasteiger partial charge in [0.05, 0.1) is 27.8 Å². The average molecular weight is 692 g/mol. The fourth-order valence-corrected chi connectivity index (χ4v) is 5.38. The Kier molecular flexibility index (Phi) is 9.21. The lowest BCUT2D eigenvalue weighted by molar-refractivity contribution is -0.140. The lowest BCUT2D eigenvalue weighted by Gasteiger charge is -2.13. The highest BCUT2D eigenvalue weighted by atomic mass is 35.5. The molecule has 1 saturated carbocycles. The van der Waals surface area contributed by atoms with Gasteiger partial charge >= 0.3 is 6.18 Å². The molecule has 0 unspecified atom stereocenters. The van der Waals surface area contributed by atoms with Crippen LogP contribution in [-0.2, 0) is 22.2 Å². The zero-order chi connectivity index (χ0) is 32.9. The van der Waals surface area contributed by atoms with Crippen LogP contribution in [0.1, 0.15) is 33.0 Å². The van der Waals surface area contributed by atoms with Crippen LogP contribution in [0.25, 0.3) is 0 Å². The van der Waals surface area contributed by atoms with Gasteiger partial charge in [0.25, 0.3) is 12.3 Å². The Morgan fingerprint density at radius 1 is 0.886 bits per heavy atom. The van der Waals surface area contributed by atoms with E-state index in [-0.39, 0.29) is 16.3 Å². The van der Waals surface area contributed by atoms with Crippen LogP contribution in [0.2, 0.25) is 5.02 Å². The highest BCUT2D eigenvalue weighted by molar-refractivity contribution is 6.53. The van der Waals surface area contributed by atoms with Crippen molar-refractivity contribution in [2.24, 2.45) is 5.92 Å². The van der Waals surface area contributed by atoms with E-state index in [1.54, 1.807) is 0 Å². The Balaban J connectivity index is 1.55. The summed E-state index contributed by atoms with van der Waals surface area (Å²) in [7, 11) is 0. The summed E-state index contributed by atoms with van der Waals surface area (Å²) in [5.41, 5.74) is -4.38. The van der Waals surface area contributed by atoms with Crippen LogP contribution in [0.4, 0.5) is 50.9 Å². The van der Waals surface area contributed by atoms with Gasteiger partial charge in [0.15, 0.2) is 17.5 Å². The number of ketones is 1. The van der Waals surface area contributed by atoms with Gasteiger partial charge in [-0.2, -0.15) is 13.2 Å². The van der Waals surface area contributed by atoms with Crippen LogP contribution < -0.4 is 10.6 Å². The number of halogens is 12. The van der Waals surface area contributed by atoms with Crippen LogP contribution >= 0.6 is 34.8 Å². The standard InChI is InChI=1S/C27H14Cl3F9N2O3/c28-14-3-2-11(40-25(44)19-18(26(19,29)30)9-1-4-15(31)13(5-9)27(37,38)39)8-12(14)24(43)41-16-6-10(7-17(42)23(35)36)20(32)22(34)21(16)33/h1-6,8,18-19,23H,7H2,(H,40,44)(H,41,43)/t18-,19+/m0/s1. The largest absolute Gasteiger partial charge is 0.419 e. The number of anilines is 2. The molecule has 0 aliphatic heterocycles. The van der Waals surface area contributed by atoms with Gasteiger partial charge in [-0.3, -0.25) is 14.4 Å². The monoisotopic (exact) mass is 690 g/mol. The number of alkyl halides is 7. The van der Waals surface area contributed by atoms with Crippen LogP contribution in [0, 0.1) is 29.2 Å². The van der Waals surface area contributed by atoms with Crippen molar-refractivity contribution >= 4 is 63.8 Å². The van der Waals surface area contributed by atoms with Crippen molar-refractivity contribution in [3.63, 3.8) is 0 Å². The van der Waals surface area contributed by atoms with E-state index < -0.39 is 98.4 Å². The first-order valence-electron chi connectivity index (χ1n) is 12.0. The van der Waals surface area contributed by atoms with Crippen molar-refractivity contribution in [2.75, 3.05) is 10.6 Å². The molecule has 2 N–H and O–H groups in total. The van der Waals surface area contributed by atoms with E-state index in [0.717, 1.165) is 18.2 Å².